The van der Waals surface area contributed by atoms with Gasteiger partial charge in [0.2, 0.25) is 0 Å². The van der Waals surface area contributed by atoms with Gasteiger partial charge in [0.1, 0.15) is 0 Å². The molecule has 0 aromatic carbocycles. The van der Waals surface area contributed by atoms with Gasteiger partial charge in [-0.05, 0) is 30.4 Å². The fourth-order valence-electron chi connectivity index (χ4n) is 1.34. The topological polar surface area (TPSA) is 12.0 Å². The van der Waals surface area contributed by atoms with Crippen LogP contribution in [-0.2, 0) is 13.0 Å². The van der Waals surface area contributed by atoms with Crippen molar-refractivity contribution in [3.05, 3.63) is 21.9 Å². The Balaban J connectivity index is 2.30. The molecule has 0 saturated carbocycles. The van der Waals surface area contributed by atoms with Crippen LogP contribution in [0.3, 0.4) is 0 Å². The third kappa shape index (κ3) is 0.976. The highest BCUT2D eigenvalue weighted by molar-refractivity contribution is 7.10. The predicted molar refractivity (Wildman–Crippen MR) is 44.3 cm³/mol. The smallest absolute Gasteiger partial charge is 0.0219 e. The molecule has 1 atom stereocenters. The summed E-state index contributed by atoms with van der Waals surface area (Å²) < 4.78 is 0. The molecular weight excluding hydrogens is 142 g/mol. The number of hydrogen-bond donors (Lipinski definition) is 1. The van der Waals surface area contributed by atoms with Gasteiger partial charge in [0, 0.05) is 17.5 Å². The molecule has 10 heavy (non-hydrogen) atoms. The van der Waals surface area contributed by atoms with Crippen LogP contribution in [-0.4, -0.2) is 6.04 Å². The Morgan fingerprint density at radius 3 is 3.50 bits per heavy atom. The second kappa shape index (κ2) is 2.36. The molecule has 54 valence electrons. The molecule has 0 spiro atoms. The SMILES string of the molecule is CC1Cc2sccc2CN1. The second-order valence-corrected chi connectivity index (χ2v) is 3.86. The fourth-order valence-corrected chi connectivity index (χ4v) is 2.37. The Labute approximate surface area is 65.1 Å². The molecular formula is C8H11NS. The van der Waals surface area contributed by atoms with Crippen molar-refractivity contribution in [3.8, 4) is 0 Å². The van der Waals surface area contributed by atoms with Crippen LogP contribution in [0.4, 0.5) is 0 Å². The third-order valence-corrected chi connectivity index (χ3v) is 2.96. The van der Waals surface area contributed by atoms with Crippen molar-refractivity contribution < 1.29 is 0 Å². The molecule has 0 amide bonds. The number of rotatable bonds is 0. The summed E-state index contributed by atoms with van der Waals surface area (Å²) >= 11 is 1.89. The monoisotopic (exact) mass is 153 g/mol. The summed E-state index contributed by atoms with van der Waals surface area (Å²) in [5.74, 6) is 0. The molecule has 1 aliphatic heterocycles. The van der Waals surface area contributed by atoms with Gasteiger partial charge in [-0.25, -0.2) is 0 Å². The average Bonchev–Trinajstić information content (AvgIpc) is 2.33. The molecule has 0 bridgehead atoms. The summed E-state index contributed by atoms with van der Waals surface area (Å²) in [6.45, 7) is 3.31. The van der Waals surface area contributed by atoms with E-state index in [2.05, 4.69) is 23.7 Å². The van der Waals surface area contributed by atoms with Gasteiger partial charge in [0.05, 0.1) is 0 Å². The van der Waals surface area contributed by atoms with Gasteiger partial charge < -0.3 is 5.32 Å². The highest BCUT2D eigenvalue weighted by atomic mass is 32.1. The summed E-state index contributed by atoms with van der Waals surface area (Å²) in [7, 11) is 0. The standard InChI is InChI=1S/C8H11NS/c1-6-4-8-7(5-9-6)2-3-10-8/h2-3,6,9H,4-5H2,1H3. The van der Waals surface area contributed by atoms with Crippen LogP contribution in [0.25, 0.3) is 0 Å². The second-order valence-electron chi connectivity index (χ2n) is 2.86. The quantitative estimate of drug-likeness (QED) is 0.599. The van der Waals surface area contributed by atoms with Crippen molar-refractivity contribution >= 4 is 11.3 Å². The van der Waals surface area contributed by atoms with Gasteiger partial charge >= 0.3 is 0 Å². The zero-order chi connectivity index (χ0) is 6.97. The van der Waals surface area contributed by atoms with Gasteiger partial charge in [-0.1, -0.05) is 0 Å². The Morgan fingerprint density at radius 1 is 1.70 bits per heavy atom. The first-order valence-electron chi connectivity index (χ1n) is 3.65. The minimum Gasteiger partial charge on any atom is -0.310 e. The van der Waals surface area contributed by atoms with Gasteiger partial charge in [0.25, 0.3) is 0 Å². The Bertz CT molecular complexity index is 229. The molecule has 0 aliphatic carbocycles. The molecule has 2 heterocycles. The Kier molecular flexibility index (Phi) is 1.51. The minimum atomic E-state index is 0.672. The van der Waals surface area contributed by atoms with Crippen molar-refractivity contribution in [2.75, 3.05) is 0 Å². The van der Waals surface area contributed by atoms with Gasteiger partial charge in [-0.2, -0.15) is 0 Å². The molecule has 1 aliphatic rings. The highest BCUT2D eigenvalue weighted by Crippen LogP contribution is 2.21. The molecule has 1 unspecified atom stereocenters. The third-order valence-electron chi connectivity index (χ3n) is 1.97. The number of hydrogen-bond acceptors (Lipinski definition) is 2. The number of thiophene rings is 1. The van der Waals surface area contributed by atoms with Crippen LogP contribution in [0.15, 0.2) is 11.4 Å². The van der Waals surface area contributed by atoms with E-state index in [0.717, 1.165) is 6.54 Å². The van der Waals surface area contributed by atoms with E-state index in [1.165, 1.54) is 12.0 Å². The molecule has 0 saturated heterocycles. The van der Waals surface area contributed by atoms with Crippen LogP contribution < -0.4 is 5.32 Å². The van der Waals surface area contributed by atoms with E-state index in [1.807, 2.05) is 11.3 Å². The molecule has 0 fully saturated rings. The van der Waals surface area contributed by atoms with E-state index in [1.54, 1.807) is 4.88 Å². The van der Waals surface area contributed by atoms with Crippen LogP contribution >= 0.6 is 11.3 Å². The first-order valence-corrected chi connectivity index (χ1v) is 4.53. The summed E-state index contributed by atoms with van der Waals surface area (Å²) in [5.41, 5.74) is 1.50. The Hall–Kier alpha value is -0.340. The van der Waals surface area contributed by atoms with E-state index in [9.17, 15) is 0 Å². The molecule has 1 N–H and O–H groups in total. The van der Waals surface area contributed by atoms with E-state index in [-0.39, 0.29) is 0 Å². The van der Waals surface area contributed by atoms with Crippen molar-refractivity contribution in [3.63, 3.8) is 0 Å². The first kappa shape index (κ1) is 6.38. The van der Waals surface area contributed by atoms with Crippen molar-refractivity contribution in [2.24, 2.45) is 0 Å². The highest BCUT2D eigenvalue weighted by Gasteiger charge is 2.13. The van der Waals surface area contributed by atoms with Crippen molar-refractivity contribution in [1.29, 1.82) is 0 Å². The number of nitrogens with one attached hydrogen (secondary N) is 1. The van der Waals surface area contributed by atoms with Gasteiger partial charge in [-0.3, -0.25) is 0 Å². The fraction of sp³-hybridized carbons (Fsp3) is 0.500. The molecule has 1 aromatic rings. The van der Waals surface area contributed by atoms with Crippen LogP contribution in [0.5, 0.6) is 0 Å². The maximum absolute atomic E-state index is 3.43. The molecule has 2 heteroatoms. The van der Waals surface area contributed by atoms with Crippen LogP contribution in [0.2, 0.25) is 0 Å². The summed E-state index contributed by atoms with van der Waals surface area (Å²) in [6.07, 6.45) is 1.22. The average molecular weight is 153 g/mol. The maximum Gasteiger partial charge on any atom is 0.0219 e. The van der Waals surface area contributed by atoms with E-state index >= 15 is 0 Å². The lowest BCUT2D eigenvalue weighted by atomic mass is 10.1. The summed E-state index contributed by atoms with van der Waals surface area (Å²) in [5, 5.41) is 5.62. The first-order chi connectivity index (χ1) is 4.86. The lowest BCUT2D eigenvalue weighted by Crippen LogP contribution is -2.31. The Morgan fingerprint density at radius 2 is 2.60 bits per heavy atom. The van der Waals surface area contributed by atoms with Crippen molar-refractivity contribution in [2.45, 2.75) is 25.9 Å². The summed E-state index contributed by atoms with van der Waals surface area (Å²) in [4.78, 5) is 1.58. The zero-order valence-electron chi connectivity index (χ0n) is 6.05. The predicted octanol–water partition coefficient (Wildman–Crippen LogP) is 1.78. The van der Waals surface area contributed by atoms with Crippen LogP contribution in [0, 0.1) is 0 Å². The number of fused-ring (bicyclic) bond motifs is 1. The van der Waals surface area contributed by atoms with Crippen molar-refractivity contribution in [1.82, 2.24) is 5.32 Å². The lowest BCUT2D eigenvalue weighted by Gasteiger charge is -2.19. The maximum atomic E-state index is 3.43. The molecule has 1 aromatic heterocycles. The van der Waals surface area contributed by atoms with E-state index in [0.29, 0.717) is 6.04 Å². The van der Waals surface area contributed by atoms with E-state index in [4.69, 9.17) is 0 Å². The summed E-state index contributed by atoms with van der Waals surface area (Å²) in [6, 6.07) is 2.89. The van der Waals surface area contributed by atoms with Gasteiger partial charge in [-0.15, -0.1) is 11.3 Å². The van der Waals surface area contributed by atoms with E-state index < -0.39 is 0 Å². The van der Waals surface area contributed by atoms with Gasteiger partial charge in [0.15, 0.2) is 0 Å². The molecule has 0 radical (unpaired) electrons. The molecule has 2 rings (SSSR count). The molecule has 1 nitrogen and oxygen atoms in total. The lowest BCUT2D eigenvalue weighted by molar-refractivity contribution is 0.520. The minimum absolute atomic E-state index is 0.672. The largest absolute Gasteiger partial charge is 0.310 e. The van der Waals surface area contributed by atoms with Crippen LogP contribution in [0.1, 0.15) is 17.4 Å². The zero-order valence-corrected chi connectivity index (χ0v) is 6.87. The normalized spacial score (nSPS) is 24.3.